The lowest BCUT2D eigenvalue weighted by Gasteiger charge is -2.13. The van der Waals surface area contributed by atoms with Crippen LogP contribution in [-0.4, -0.2) is 24.7 Å². The zero-order valence-electron chi connectivity index (χ0n) is 9.77. The fourth-order valence-corrected chi connectivity index (χ4v) is 2.37. The molecule has 3 N–H and O–H groups in total. The molecule has 1 saturated heterocycles. The molecule has 0 bridgehead atoms. The minimum atomic E-state index is -0.445. The molecule has 2 rings (SSSR count). The average molecular weight is 362 g/mol. The molecular formula is C12H15IN2O3. The second-order valence-corrected chi connectivity index (χ2v) is 5.35. The Labute approximate surface area is 119 Å². The number of hydrazine groups is 1. The predicted molar refractivity (Wildman–Crippen MR) is 74.9 cm³/mol. The van der Waals surface area contributed by atoms with Crippen molar-refractivity contribution in [3.8, 4) is 5.75 Å². The Morgan fingerprint density at radius 3 is 3.11 bits per heavy atom. The van der Waals surface area contributed by atoms with Crippen LogP contribution in [0.25, 0.3) is 0 Å². The van der Waals surface area contributed by atoms with E-state index in [4.69, 9.17) is 15.3 Å². The van der Waals surface area contributed by atoms with Gasteiger partial charge in [-0.05, 0) is 53.6 Å². The van der Waals surface area contributed by atoms with Gasteiger partial charge >= 0.3 is 0 Å². The van der Waals surface area contributed by atoms with E-state index in [9.17, 15) is 4.79 Å². The van der Waals surface area contributed by atoms with E-state index in [2.05, 4.69) is 28.0 Å². The molecule has 1 aromatic rings. The number of nitrogens with two attached hydrogens (primary N) is 1. The molecule has 0 radical (unpaired) electrons. The number of hydrogen-bond acceptors (Lipinski definition) is 4. The first-order valence-electron chi connectivity index (χ1n) is 5.73. The van der Waals surface area contributed by atoms with Crippen molar-refractivity contribution in [2.45, 2.75) is 25.0 Å². The first-order chi connectivity index (χ1) is 8.69. The minimum Gasteiger partial charge on any atom is -0.491 e. The largest absolute Gasteiger partial charge is 0.491 e. The number of nitrogens with one attached hydrogen (secondary N) is 1. The molecule has 1 aromatic carbocycles. The van der Waals surface area contributed by atoms with Gasteiger partial charge in [0.2, 0.25) is 0 Å². The van der Waals surface area contributed by atoms with Crippen molar-refractivity contribution >= 4 is 28.5 Å². The lowest BCUT2D eigenvalue weighted by molar-refractivity contribution is -0.132. The van der Waals surface area contributed by atoms with Crippen molar-refractivity contribution in [2.75, 3.05) is 6.61 Å². The highest BCUT2D eigenvalue weighted by Crippen LogP contribution is 2.21. The minimum absolute atomic E-state index is 0.0508. The van der Waals surface area contributed by atoms with Crippen LogP contribution in [0.1, 0.15) is 12.8 Å². The molecule has 18 heavy (non-hydrogen) atoms. The van der Waals surface area contributed by atoms with E-state index in [0.29, 0.717) is 13.0 Å². The van der Waals surface area contributed by atoms with Crippen LogP contribution < -0.4 is 16.0 Å². The maximum atomic E-state index is 11.3. The lowest BCUT2D eigenvalue weighted by Crippen LogP contribution is -2.39. The Hall–Kier alpha value is -0.860. The summed E-state index contributed by atoms with van der Waals surface area (Å²) in [5.74, 6) is 5.61. The summed E-state index contributed by atoms with van der Waals surface area (Å²) in [6.45, 7) is 0.453. The highest BCUT2D eigenvalue weighted by Gasteiger charge is 2.30. The topological polar surface area (TPSA) is 73.6 Å². The number of benzene rings is 1. The zero-order chi connectivity index (χ0) is 13.0. The predicted octanol–water partition coefficient (Wildman–Crippen LogP) is 1.21. The average Bonchev–Trinajstić information content (AvgIpc) is 2.84. The second-order valence-electron chi connectivity index (χ2n) is 4.10. The first-order valence-corrected chi connectivity index (χ1v) is 6.81. The number of amides is 1. The normalized spacial score (nSPS) is 22.8. The van der Waals surface area contributed by atoms with E-state index in [1.165, 1.54) is 0 Å². The summed E-state index contributed by atoms with van der Waals surface area (Å²) in [5, 5.41) is 0. The Balaban J connectivity index is 1.80. The van der Waals surface area contributed by atoms with Gasteiger partial charge in [0, 0.05) is 3.57 Å². The number of hydrogen-bond donors (Lipinski definition) is 2. The maximum absolute atomic E-state index is 11.3. The van der Waals surface area contributed by atoms with E-state index in [-0.39, 0.29) is 12.0 Å². The van der Waals surface area contributed by atoms with E-state index in [1.54, 1.807) is 0 Å². The Kier molecular flexibility index (Phi) is 4.79. The van der Waals surface area contributed by atoms with Crippen LogP contribution in [0.3, 0.4) is 0 Å². The summed E-state index contributed by atoms with van der Waals surface area (Å²) in [6.07, 6.45) is 0.996. The number of rotatable bonds is 4. The smallest absolute Gasteiger partial charge is 0.263 e. The summed E-state index contributed by atoms with van der Waals surface area (Å²) >= 11 is 2.23. The highest BCUT2D eigenvalue weighted by molar-refractivity contribution is 14.1. The quantitative estimate of drug-likeness (QED) is 0.366. The van der Waals surface area contributed by atoms with Gasteiger partial charge in [0.05, 0.1) is 6.10 Å². The monoisotopic (exact) mass is 362 g/mol. The van der Waals surface area contributed by atoms with E-state index >= 15 is 0 Å². The van der Waals surface area contributed by atoms with Crippen molar-refractivity contribution in [1.29, 1.82) is 0 Å². The summed E-state index contributed by atoms with van der Waals surface area (Å²) in [5.41, 5.74) is 2.10. The lowest BCUT2D eigenvalue weighted by atomic mass is 10.2. The van der Waals surface area contributed by atoms with Crippen LogP contribution in [0.2, 0.25) is 0 Å². The third-order valence-electron chi connectivity index (χ3n) is 2.77. The van der Waals surface area contributed by atoms with E-state index in [0.717, 1.165) is 15.7 Å². The van der Waals surface area contributed by atoms with Gasteiger partial charge in [0.15, 0.2) is 0 Å². The summed E-state index contributed by atoms with van der Waals surface area (Å²) in [6, 6.07) is 7.80. The van der Waals surface area contributed by atoms with E-state index < -0.39 is 6.10 Å². The van der Waals surface area contributed by atoms with Gasteiger partial charge in [-0.15, -0.1) is 0 Å². The molecule has 1 amide bonds. The third-order valence-corrected chi connectivity index (χ3v) is 3.45. The van der Waals surface area contributed by atoms with Crippen LogP contribution in [-0.2, 0) is 9.53 Å². The highest BCUT2D eigenvalue weighted by atomic mass is 127. The third kappa shape index (κ3) is 3.56. The fraction of sp³-hybridized carbons (Fsp3) is 0.417. The van der Waals surface area contributed by atoms with Crippen molar-refractivity contribution in [3.63, 3.8) is 0 Å². The molecular weight excluding hydrogens is 347 g/mol. The second kappa shape index (κ2) is 6.35. The molecule has 98 valence electrons. The van der Waals surface area contributed by atoms with Gasteiger partial charge in [-0.1, -0.05) is 6.07 Å². The number of halogens is 1. The van der Waals surface area contributed by atoms with Crippen LogP contribution >= 0.6 is 22.6 Å². The summed E-state index contributed by atoms with van der Waals surface area (Å²) < 4.78 is 12.3. The maximum Gasteiger partial charge on any atom is 0.263 e. The SMILES string of the molecule is NNC(=O)C1CCC(COc2cccc(I)c2)O1. The molecule has 0 aromatic heterocycles. The molecule has 0 spiro atoms. The van der Waals surface area contributed by atoms with Crippen LogP contribution in [0, 0.1) is 3.57 Å². The van der Waals surface area contributed by atoms with Crippen LogP contribution in [0.5, 0.6) is 5.75 Å². The molecule has 6 heteroatoms. The molecule has 1 aliphatic rings. The van der Waals surface area contributed by atoms with Crippen molar-refractivity contribution < 1.29 is 14.3 Å². The Morgan fingerprint density at radius 2 is 2.39 bits per heavy atom. The molecule has 1 heterocycles. The van der Waals surface area contributed by atoms with Crippen molar-refractivity contribution in [2.24, 2.45) is 5.84 Å². The van der Waals surface area contributed by atoms with Crippen molar-refractivity contribution in [1.82, 2.24) is 5.43 Å². The first kappa shape index (κ1) is 13.6. The number of carbonyl (C=O) groups is 1. The molecule has 1 fully saturated rings. The molecule has 1 aliphatic heterocycles. The standard InChI is InChI=1S/C12H15IN2O3/c13-8-2-1-3-9(6-8)17-7-10-4-5-11(18-10)12(16)15-14/h1-3,6,10-11H,4-5,7,14H2,(H,15,16). The number of carbonyl (C=O) groups excluding carboxylic acids is 1. The Morgan fingerprint density at radius 1 is 1.56 bits per heavy atom. The van der Waals surface area contributed by atoms with Gasteiger partial charge in [-0.25, -0.2) is 5.84 Å². The zero-order valence-corrected chi connectivity index (χ0v) is 11.9. The van der Waals surface area contributed by atoms with Crippen molar-refractivity contribution in [3.05, 3.63) is 27.8 Å². The molecule has 2 atom stereocenters. The summed E-state index contributed by atoms with van der Waals surface area (Å²) in [7, 11) is 0. The Bertz CT molecular complexity index is 428. The van der Waals surface area contributed by atoms with Gasteiger partial charge in [-0.2, -0.15) is 0 Å². The molecule has 0 aliphatic carbocycles. The fourth-order valence-electron chi connectivity index (χ4n) is 1.86. The molecule has 2 unspecified atom stereocenters. The molecule has 5 nitrogen and oxygen atoms in total. The number of ether oxygens (including phenoxy) is 2. The molecule has 0 saturated carbocycles. The van der Waals surface area contributed by atoms with E-state index in [1.807, 2.05) is 24.3 Å². The van der Waals surface area contributed by atoms with Gasteiger partial charge in [0.25, 0.3) is 5.91 Å². The van der Waals surface area contributed by atoms with Crippen LogP contribution in [0.4, 0.5) is 0 Å². The summed E-state index contributed by atoms with van der Waals surface area (Å²) in [4.78, 5) is 11.3. The van der Waals surface area contributed by atoms with Gasteiger partial charge in [0.1, 0.15) is 18.5 Å². The van der Waals surface area contributed by atoms with Gasteiger partial charge < -0.3 is 9.47 Å². The van der Waals surface area contributed by atoms with Crippen LogP contribution in [0.15, 0.2) is 24.3 Å². The van der Waals surface area contributed by atoms with Gasteiger partial charge in [-0.3, -0.25) is 10.2 Å².